The molecule has 0 aliphatic carbocycles. The van der Waals surface area contributed by atoms with Crippen LogP contribution in [0, 0.1) is 0 Å². The van der Waals surface area contributed by atoms with E-state index < -0.39 is 0 Å². The van der Waals surface area contributed by atoms with Crippen molar-refractivity contribution in [2.24, 2.45) is 0 Å². The SMILES string of the molecule is OCC[C@@H](c1ccccc1)c1cc(Br)ccc1OCc1ccccc1. The molecule has 0 fully saturated rings. The molecule has 0 bridgehead atoms. The second-order valence-electron chi connectivity index (χ2n) is 5.93. The lowest BCUT2D eigenvalue weighted by Crippen LogP contribution is -2.07. The van der Waals surface area contributed by atoms with Crippen LogP contribution in [-0.4, -0.2) is 11.7 Å². The van der Waals surface area contributed by atoms with Crippen molar-refractivity contribution >= 4 is 15.9 Å². The highest BCUT2D eigenvalue weighted by atomic mass is 79.9. The summed E-state index contributed by atoms with van der Waals surface area (Å²) in [5.74, 6) is 0.948. The summed E-state index contributed by atoms with van der Waals surface area (Å²) in [6, 6.07) is 26.5. The van der Waals surface area contributed by atoms with E-state index in [0.717, 1.165) is 21.3 Å². The first-order valence-electron chi connectivity index (χ1n) is 8.40. The quantitative estimate of drug-likeness (QED) is 0.567. The number of ether oxygens (including phenoxy) is 1. The number of benzene rings is 3. The second kappa shape index (κ2) is 8.84. The first kappa shape index (κ1) is 17.7. The molecule has 3 rings (SSSR count). The van der Waals surface area contributed by atoms with Gasteiger partial charge < -0.3 is 9.84 Å². The molecule has 2 nitrogen and oxygen atoms in total. The Morgan fingerprint density at radius 1 is 0.880 bits per heavy atom. The maximum atomic E-state index is 9.57. The molecule has 3 aromatic rings. The molecule has 0 spiro atoms. The smallest absolute Gasteiger partial charge is 0.123 e. The van der Waals surface area contributed by atoms with E-state index in [1.165, 1.54) is 5.56 Å². The van der Waals surface area contributed by atoms with Crippen LogP contribution >= 0.6 is 15.9 Å². The molecule has 0 radical (unpaired) electrons. The Hall–Kier alpha value is -2.10. The van der Waals surface area contributed by atoms with Crippen molar-refractivity contribution in [3.05, 3.63) is 100 Å². The molecule has 0 saturated heterocycles. The largest absolute Gasteiger partial charge is 0.489 e. The van der Waals surface area contributed by atoms with Crippen molar-refractivity contribution in [2.45, 2.75) is 18.9 Å². The summed E-state index contributed by atoms with van der Waals surface area (Å²) < 4.78 is 7.13. The second-order valence-corrected chi connectivity index (χ2v) is 6.85. The zero-order chi connectivity index (χ0) is 17.5. The zero-order valence-electron chi connectivity index (χ0n) is 13.9. The number of halogens is 1. The van der Waals surface area contributed by atoms with Crippen molar-refractivity contribution < 1.29 is 9.84 Å². The lowest BCUT2D eigenvalue weighted by molar-refractivity contribution is 0.276. The van der Waals surface area contributed by atoms with E-state index in [0.29, 0.717) is 13.0 Å². The Kier molecular flexibility index (Phi) is 6.26. The normalized spacial score (nSPS) is 11.9. The van der Waals surface area contributed by atoms with Crippen LogP contribution in [0.3, 0.4) is 0 Å². The van der Waals surface area contributed by atoms with Crippen LogP contribution in [0.15, 0.2) is 83.3 Å². The highest BCUT2D eigenvalue weighted by molar-refractivity contribution is 9.10. The van der Waals surface area contributed by atoms with E-state index in [4.69, 9.17) is 4.74 Å². The predicted molar refractivity (Wildman–Crippen MR) is 105 cm³/mol. The fraction of sp³-hybridized carbons (Fsp3) is 0.182. The first-order chi connectivity index (χ1) is 12.3. The van der Waals surface area contributed by atoms with Crippen molar-refractivity contribution in [1.29, 1.82) is 0 Å². The van der Waals surface area contributed by atoms with Gasteiger partial charge >= 0.3 is 0 Å². The average molecular weight is 397 g/mol. The molecule has 0 amide bonds. The zero-order valence-corrected chi connectivity index (χ0v) is 15.5. The van der Waals surface area contributed by atoms with Gasteiger partial charge in [0.1, 0.15) is 12.4 Å². The minimum absolute atomic E-state index is 0.0921. The van der Waals surface area contributed by atoms with Gasteiger partial charge in [0.2, 0.25) is 0 Å². The fourth-order valence-electron chi connectivity index (χ4n) is 2.97. The fourth-order valence-corrected chi connectivity index (χ4v) is 3.35. The molecule has 3 heteroatoms. The summed E-state index contributed by atoms with van der Waals surface area (Å²) in [7, 11) is 0. The maximum Gasteiger partial charge on any atom is 0.123 e. The Morgan fingerprint density at radius 3 is 2.24 bits per heavy atom. The van der Waals surface area contributed by atoms with Crippen LogP contribution in [0.25, 0.3) is 0 Å². The molecule has 1 atom stereocenters. The third-order valence-corrected chi connectivity index (χ3v) is 4.70. The third kappa shape index (κ3) is 4.71. The van der Waals surface area contributed by atoms with Crippen molar-refractivity contribution in [1.82, 2.24) is 0 Å². The van der Waals surface area contributed by atoms with E-state index >= 15 is 0 Å². The average Bonchev–Trinajstić information content (AvgIpc) is 2.66. The van der Waals surface area contributed by atoms with Crippen molar-refractivity contribution in [2.75, 3.05) is 6.61 Å². The van der Waals surface area contributed by atoms with Crippen LogP contribution in [0.5, 0.6) is 5.75 Å². The molecular formula is C22H21BrO2. The van der Waals surface area contributed by atoms with Gasteiger partial charge in [0.25, 0.3) is 0 Å². The first-order valence-corrected chi connectivity index (χ1v) is 9.19. The van der Waals surface area contributed by atoms with Crippen LogP contribution in [-0.2, 0) is 6.61 Å². The van der Waals surface area contributed by atoms with Gasteiger partial charge in [0, 0.05) is 22.6 Å². The number of rotatable bonds is 7. The van der Waals surface area contributed by atoms with Gasteiger partial charge in [0.15, 0.2) is 0 Å². The van der Waals surface area contributed by atoms with E-state index in [1.807, 2.05) is 48.5 Å². The Balaban J connectivity index is 1.91. The lowest BCUT2D eigenvalue weighted by Gasteiger charge is -2.21. The van der Waals surface area contributed by atoms with E-state index in [-0.39, 0.29) is 12.5 Å². The Bertz CT molecular complexity index is 788. The van der Waals surface area contributed by atoms with Gasteiger partial charge in [-0.3, -0.25) is 0 Å². The van der Waals surface area contributed by atoms with Crippen LogP contribution in [0.4, 0.5) is 0 Å². The highest BCUT2D eigenvalue weighted by Crippen LogP contribution is 2.36. The number of hydrogen-bond donors (Lipinski definition) is 1. The highest BCUT2D eigenvalue weighted by Gasteiger charge is 2.18. The molecule has 0 unspecified atom stereocenters. The monoisotopic (exact) mass is 396 g/mol. The van der Waals surface area contributed by atoms with E-state index in [9.17, 15) is 5.11 Å². The third-order valence-electron chi connectivity index (χ3n) is 4.20. The van der Waals surface area contributed by atoms with Gasteiger partial charge in [-0.15, -0.1) is 0 Å². The maximum absolute atomic E-state index is 9.57. The molecule has 3 aromatic carbocycles. The molecule has 0 saturated carbocycles. The molecule has 25 heavy (non-hydrogen) atoms. The molecule has 0 aromatic heterocycles. The summed E-state index contributed by atoms with van der Waals surface area (Å²) in [6.45, 7) is 0.653. The van der Waals surface area contributed by atoms with Gasteiger partial charge in [0.05, 0.1) is 0 Å². The van der Waals surface area contributed by atoms with Gasteiger partial charge in [-0.2, -0.15) is 0 Å². The van der Waals surface area contributed by atoms with Gasteiger partial charge in [-0.25, -0.2) is 0 Å². The number of hydrogen-bond acceptors (Lipinski definition) is 2. The molecule has 0 heterocycles. The van der Waals surface area contributed by atoms with E-state index in [2.05, 4.69) is 46.3 Å². The molecule has 1 N–H and O–H groups in total. The Labute approximate surface area is 157 Å². The summed E-state index contributed by atoms with van der Waals surface area (Å²) >= 11 is 3.57. The minimum atomic E-state index is 0.0921. The standard InChI is InChI=1S/C22H21BrO2/c23-19-11-12-22(25-16-17-7-3-1-4-8-17)21(15-19)20(13-14-24)18-9-5-2-6-10-18/h1-12,15,20,24H,13-14,16H2/t20-/m0/s1. The molecular weight excluding hydrogens is 376 g/mol. The topological polar surface area (TPSA) is 29.5 Å². The van der Waals surface area contributed by atoms with Gasteiger partial charge in [-0.05, 0) is 35.7 Å². The van der Waals surface area contributed by atoms with Gasteiger partial charge in [-0.1, -0.05) is 76.6 Å². The van der Waals surface area contributed by atoms with Crippen molar-refractivity contribution in [3.63, 3.8) is 0 Å². The summed E-state index contributed by atoms with van der Waals surface area (Å²) in [6.07, 6.45) is 0.655. The van der Waals surface area contributed by atoms with Crippen molar-refractivity contribution in [3.8, 4) is 5.75 Å². The molecule has 0 aliphatic heterocycles. The lowest BCUT2D eigenvalue weighted by atomic mass is 9.88. The molecule has 128 valence electrons. The van der Waals surface area contributed by atoms with Crippen LogP contribution < -0.4 is 4.74 Å². The number of aliphatic hydroxyl groups excluding tert-OH is 1. The van der Waals surface area contributed by atoms with E-state index in [1.54, 1.807) is 0 Å². The predicted octanol–water partition coefficient (Wildman–Crippen LogP) is 5.54. The van der Waals surface area contributed by atoms with Crippen LogP contribution in [0.2, 0.25) is 0 Å². The summed E-state index contributed by atoms with van der Waals surface area (Å²) in [4.78, 5) is 0. The summed E-state index contributed by atoms with van der Waals surface area (Å²) in [5.41, 5.74) is 3.40. The molecule has 0 aliphatic rings. The minimum Gasteiger partial charge on any atom is -0.489 e. The Morgan fingerprint density at radius 2 is 1.56 bits per heavy atom. The summed E-state index contributed by atoms with van der Waals surface area (Å²) in [5, 5.41) is 9.57. The van der Waals surface area contributed by atoms with Crippen LogP contribution in [0.1, 0.15) is 29.0 Å². The number of aliphatic hydroxyl groups is 1.